The molecule has 4 aliphatic rings. The van der Waals surface area contributed by atoms with Crippen molar-refractivity contribution in [1.29, 1.82) is 0 Å². The highest BCUT2D eigenvalue weighted by Gasteiger charge is 2.32. The zero-order valence-electron chi connectivity index (χ0n) is 29.1. The number of nitrogens with zero attached hydrogens (tertiary/aromatic N) is 2. The lowest BCUT2D eigenvalue weighted by atomic mass is 9.81. The van der Waals surface area contributed by atoms with E-state index in [4.69, 9.17) is 28.4 Å². The molecule has 268 valence electrons. The summed E-state index contributed by atoms with van der Waals surface area (Å²) in [5.74, 6) is 4.57. The van der Waals surface area contributed by atoms with Crippen LogP contribution in [0.3, 0.4) is 0 Å². The molecule has 2 fully saturated rings. The van der Waals surface area contributed by atoms with Gasteiger partial charge in [0.05, 0.1) is 13.2 Å². The van der Waals surface area contributed by atoms with E-state index >= 15 is 0 Å². The molecule has 8 rings (SSSR count). The summed E-state index contributed by atoms with van der Waals surface area (Å²) in [5, 5.41) is 0. The minimum absolute atomic E-state index is 0.154. The fourth-order valence-corrected chi connectivity index (χ4v) is 8.14. The van der Waals surface area contributed by atoms with E-state index in [1.165, 1.54) is 0 Å². The maximum Gasteiger partial charge on any atom is 0.231 e. The Balaban J connectivity index is 1.05. The van der Waals surface area contributed by atoms with E-state index in [2.05, 4.69) is 23.9 Å². The Hall–Kier alpha value is -4.54. The first-order chi connectivity index (χ1) is 24.9. The van der Waals surface area contributed by atoms with Crippen molar-refractivity contribution in [3.8, 4) is 34.5 Å². The van der Waals surface area contributed by atoms with Gasteiger partial charge in [-0.3, -0.25) is 0 Å². The zero-order chi connectivity index (χ0) is 34.9. The van der Waals surface area contributed by atoms with Gasteiger partial charge in [0.1, 0.15) is 23.1 Å². The second kappa shape index (κ2) is 14.6. The van der Waals surface area contributed by atoms with E-state index < -0.39 is 0 Å². The van der Waals surface area contributed by atoms with Crippen LogP contribution in [0.5, 0.6) is 34.5 Å². The van der Waals surface area contributed by atoms with Crippen LogP contribution in [-0.2, 0) is 6.42 Å². The van der Waals surface area contributed by atoms with Gasteiger partial charge in [-0.15, -0.1) is 0 Å². The Labute approximate surface area is 297 Å². The summed E-state index contributed by atoms with van der Waals surface area (Å²) >= 11 is 0. The highest BCUT2D eigenvalue weighted by atomic mass is 19.1. The second-order valence-electron chi connectivity index (χ2n) is 14.4. The number of fused-ring (bicyclic) bond motifs is 2. The minimum Gasteiger partial charge on any atom is -0.493 e. The third-order valence-electron chi connectivity index (χ3n) is 10.9. The molecule has 0 amide bonds. The zero-order valence-corrected chi connectivity index (χ0v) is 29.1. The predicted octanol–water partition coefficient (Wildman–Crippen LogP) is 7.24. The van der Waals surface area contributed by atoms with Crippen molar-refractivity contribution in [2.75, 3.05) is 67.1 Å². The Morgan fingerprint density at radius 1 is 0.588 bits per heavy atom. The van der Waals surface area contributed by atoms with Gasteiger partial charge in [0, 0.05) is 54.6 Å². The lowest BCUT2D eigenvalue weighted by Crippen LogP contribution is -2.39. The van der Waals surface area contributed by atoms with Crippen molar-refractivity contribution in [2.24, 2.45) is 11.8 Å². The van der Waals surface area contributed by atoms with Gasteiger partial charge >= 0.3 is 0 Å². The van der Waals surface area contributed by atoms with Crippen LogP contribution in [-0.4, -0.2) is 76.9 Å². The summed E-state index contributed by atoms with van der Waals surface area (Å²) in [4.78, 5) is 4.66. The van der Waals surface area contributed by atoms with Crippen molar-refractivity contribution in [2.45, 2.75) is 31.1 Å². The van der Waals surface area contributed by atoms with Gasteiger partial charge in [0.15, 0.2) is 23.0 Å². The van der Waals surface area contributed by atoms with E-state index in [1.807, 2.05) is 48.5 Å². The number of benzene rings is 4. The average Bonchev–Trinajstić information content (AvgIpc) is 3.79. The number of hydrogen-bond acceptors (Lipinski definition) is 8. The first kappa shape index (κ1) is 33.6. The van der Waals surface area contributed by atoms with E-state index in [9.17, 15) is 8.78 Å². The predicted molar refractivity (Wildman–Crippen MR) is 188 cm³/mol. The standard InChI is InChI=1S/C41H44F2N2O6/c1-44-13-11-34(26-3-7-32(42)8-4-26)30(20-44)22-46-36-18-40-38(48-24-50-40)16-28(36)15-29-17-39-41(51-25-49-39)19-37(29)47-23-31-21-45(2)14-12-35(31)27-5-9-33(43)10-6-27/h3-10,16-19,30-31,34-35H,11-15,20-25H2,1-2H3/t30-,31-,34-,35-/m0/s1. The van der Waals surface area contributed by atoms with Crippen LogP contribution in [0.4, 0.5) is 8.78 Å². The second-order valence-corrected chi connectivity index (χ2v) is 14.4. The van der Waals surface area contributed by atoms with Crippen LogP contribution >= 0.6 is 0 Å². The van der Waals surface area contributed by atoms with E-state index in [0.29, 0.717) is 42.6 Å². The van der Waals surface area contributed by atoms with E-state index in [-0.39, 0.29) is 48.9 Å². The highest BCUT2D eigenvalue weighted by molar-refractivity contribution is 5.57. The quantitative estimate of drug-likeness (QED) is 0.172. The summed E-state index contributed by atoms with van der Waals surface area (Å²) in [6, 6.07) is 21.6. The molecule has 0 N–H and O–H groups in total. The summed E-state index contributed by atoms with van der Waals surface area (Å²) in [6.45, 7) is 4.98. The molecule has 0 aliphatic carbocycles. The van der Waals surface area contributed by atoms with Crippen LogP contribution in [0.25, 0.3) is 0 Å². The maximum absolute atomic E-state index is 13.8. The van der Waals surface area contributed by atoms with Crippen molar-refractivity contribution in [3.63, 3.8) is 0 Å². The van der Waals surface area contributed by atoms with Crippen LogP contribution in [0.15, 0.2) is 72.8 Å². The third kappa shape index (κ3) is 7.44. The highest BCUT2D eigenvalue weighted by Crippen LogP contribution is 2.44. The van der Waals surface area contributed by atoms with Gasteiger partial charge in [0.2, 0.25) is 13.6 Å². The summed E-state index contributed by atoms with van der Waals surface area (Å²) < 4.78 is 64.1. The topological polar surface area (TPSA) is 61.9 Å². The number of likely N-dealkylation sites (tertiary alicyclic amines) is 2. The molecular formula is C41H44F2N2O6. The van der Waals surface area contributed by atoms with E-state index in [1.54, 1.807) is 24.3 Å². The van der Waals surface area contributed by atoms with Gasteiger partial charge < -0.3 is 38.2 Å². The van der Waals surface area contributed by atoms with Crippen molar-refractivity contribution in [1.82, 2.24) is 9.80 Å². The minimum atomic E-state index is -0.227. The van der Waals surface area contributed by atoms with Crippen molar-refractivity contribution in [3.05, 3.63) is 107 Å². The number of ether oxygens (including phenoxy) is 6. The third-order valence-corrected chi connectivity index (χ3v) is 10.9. The molecule has 0 unspecified atom stereocenters. The first-order valence-corrected chi connectivity index (χ1v) is 17.8. The lowest BCUT2D eigenvalue weighted by Gasteiger charge is -2.37. The van der Waals surface area contributed by atoms with Crippen molar-refractivity contribution < 1.29 is 37.2 Å². The molecule has 0 radical (unpaired) electrons. The monoisotopic (exact) mass is 698 g/mol. The van der Waals surface area contributed by atoms with Gasteiger partial charge in [-0.1, -0.05) is 24.3 Å². The van der Waals surface area contributed by atoms with Crippen LogP contribution in [0, 0.1) is 23.5 Å². The van der Waals surface area contributed by atoms with Crippen LogP contribution in [0.2, 0.25) is 0 Å². The maximum atomic E-state index is 13.8. The fraction of sp³-hybridized carbons (Fsp3) is 0.415. The molecule has 0 spiro atoms. The smallest absolute Gasteiger partial charge is 0.231 e. The first-order valence-electron chi connectivity index (χ1n) is 17.8. The van der Waals surface area contributed by atoms with Gasteiger partial charge in [-0.05, 0) is 99.4 Å². The SMILES string of the molecule is CN1CC[C@@H](c2ccc(F)cc2)[C@H](COc2cc3c(cc2Cc2cc4c(cc2OC[C@@H]2CN(C)CC[C@H]2c2ccc(F)cc2)OCO4)OCO3)C1. The molecule has 51 heavy (non-hydrogen) atoms. The van der Waals surface area contributed by atoms with Crippen molar-refractivity contribution >= 4 is 0 Å². The summed E-state index contributed by atoms with van der Waals surface area (Å²) in [5.41, 5.74) is 4.15. The molecule has 0 saturated carbocycles. The number of hydrogen-bond donors (Lipinski definition) is 0. The molecule has 0 bridgehead atoms. The van der Waals surface area contributed by atoms with Gasteiger partial charge in [-0.2, -0.15) is 0 Å². The van der Waals surface area contributed by atoms with E-state index in [0.717, 1.165) is 72.8 Å². The number of rotatable bonds is 10. The Bertz CT molecular complexity index is 1700. The largest absolute Gasteiger partial charge is 0.493 e. The molecule has 2 saturated heterocycles. The molecule has 4 heterocycles. The molecule has 8 nitrogen and oxygen atoms in total. The van der Waals surface area contributed by atoms with Crippen LogP contribution in [0.1, 0.15) is 46.9 Å². The van der Waals surface area contributed by atoms with Gasteiger partial charge in [0.25, 0.3) is 0 Å². The molecule has 10 heteroatoms. The molecular weight excluding hydrogens is 654 g/mol. The summed E-state index contributed by atoms with van der Waals surface area (Å²) in [7, 11) is 4.27. The lowest BCUT2D eigenvalue weighted by molar-refractivity contribution is 0.128. The number of piperidine rings is 2. The Kier molecular flexibility index (Phi) is 9.62. The number of halogens is 2. The fourth-order valence-electron chi connectivity index (χ4n) is 8.14. The average molecular weight is 699 g/mol. The molecule has 4 aliphatic heterocycles. The molecule has 4 aromatic rings. The van der Waals surface area contributed by atoms with Gasteiger partial charge in [-0.25, -0.2) is 8.78 Å². The normalized spacial score (nSPS) is 23.0. The molecule has 0 aromatic heterocycles. The Morgan fingerprint density at radius 3 is 1.39 bits per heavy atom. The molecule has 4 aromatic carbocycles. The Morgan fingerprint density at radius 2 is 0.980 bits per heavy atom. The molecule has 4 atom stereocenters. The van der Waals surface area contributed by atoms with Crippen LogP contribution < -0.4 is 28.4 Å². The summed E-state index contributed by atoms with van der Waals surface area (Å²) in [6.07, 6.45) is 2.44.